The summed E-state index contributed by atoms with van der Waals surface area (Å²) >= 11 is 3.03. The standard InChI is InChI=1S/C18H23BrFN3O4.C2H6/c1-18(2,3)27-17(26)23-6-4-10(5-7-23)16(25)22-14-9-12(19)13(20)8-11(14)15(21)24;1-2/h8-10H,4-7H2,1-3H3,(H2,21,24)(H,22,25);1-2H3. The highest BCUT2D eigenvalue weighted by Gasteiger charge is 2.30. The lowest BCUT2D eigenvalue weighted by atomic mass is 9.96. The monoisotopic (exact) mass is 473 g/mol. The molecule has 0 bridgehead atoms. The van der Waals surface area contributed by atoms with Gasteiger partial charge in [-0.25, -0.2) is 9.18 Å². The maximum atomic E-state index is 13.6. The summed E-state index contributed by atoms with van der Waals surface area (Å²) in [5.74, 6) is -2.13. The molecule has 1 fully saturated rings. The summed E-state index contributed by atoms with van der Waals surface area (Å²) in [6.07, 6.45) is 0.512. The molecule has 0 aromatic heterocycles. The number of nitrogens with two attached hydrogens (primary N) is 1. The average Bonchev–Trinajstić information content (AvgIpc) is 2.64. The number of nitrogens with zero attached hydrogens (tertiary/aromatic N) is 1. The molecule has 0 radical (unpaired) electrons. The van der Waals surface area contributed by atoms with Gasteiger partial charge >= 0.3 is 6.09 Å². The van der Waals surface area contributed by atoms with Gasteiger partial charge in [0.2, 0.25) is 5.91 Å². The van der Waals surface area contributed by atoms with Crippen LogP contribution in [0.1, 0.15) is 57.8 Å². The number of primary amides is 1. The van der Waals surface area contributed by atoms with Gasteiger partial charge in [-0.05, 0) is 61.7 Å². The second-order valence-electron chi connectivity index (χ2n) is 7.41. The molecule has 3 amide bonds. The molecule has 29 heavy (non-hydrogen) atoms. The van der Waals surface area contributed by atoms with Gasteiger partial charge in [0.25, 0.3) is 5.91 Å². The predicted molar refractivity (Wildman–Crippen MR) is 113 cm³/mol. The van der Waals surface area contributed by atoms with Crippen LogP contribution in [0.15, 0.2) is 16.6 Å². The molecule has 2 rings (SSSR count). The number of hydrogen-bond donors (Lipinski definition) is 2. The first-order valence-electron chi connectivity index (χ1n) is 9.55. The molecular weight excluding hydrogens is 445 g/mol. The number of benzene rings is 1. The number of carbonyl (C=O) groups is 3. The van der Waals surface area contributed by atoms with Crippen LogP contribution in [0.4, 0.5) is 14.9 Å². The van der Waals surface area contributed by atoms with Gasteiger partial charge in [-0.3, -0.25) is 9.59 Å². The number of anilines is 1. The number of nitrogens with one attached hydrogen (secondary N) is 1. The fraction of sp³-hybridized carbons (Fsp3) is 0.550. The third kappa shape index (κ3) is 7.30. The summed E-state index contributed by atoms with van der Waals surface area (Å²) < 4.78 is 19.1. The lowest BCUT2D eigenvalue weighted by molar-refractivity contribution is -0.121. The van der Waals surface area contributed by atoms with Crippen molar-refractivity contribution in [1.82, 2.24) is 4.90 Å². The second-order valence-corrected chi connectivity index (χ2v) is 8.26. The van der Waals surface area contributed by atoms with E-state index >= 15 is 0 Å². The van der Waals surface area contributed by atoms with Gasteiger partial charge in [-0.1, -0.05) is 13.8 Å². The zero-order valence-corrected chi connectivity index (χ0v) is 19.1. The zero-order valence-electron chi connectivity index (χ0n) is 17.5. The number of hydrogen-bond acceptors (Lipinski definition) is 4. The summed E-state index contributed by atoms with van der Waals surface area (Å²) in [7, 11) is 0. The van der Waals surface area contributed by atoms with E-state index in [1.807, 2.05) is 13.8 Å². The molecule has 1 aliphatic rings. The number of halogens is 2. The van der Waals surface area contributed by atoms with Crippen molar-refractivity contribution in [2.75, 3.05) is 18.4 Å². The van der Waals surface area contributed by atoms with Gasteiger partial charge in [0, 0.05) is 19.0 Å². The topological polar surface area (TPSA) is 102 Å². The van der Waals surface area contributed by atoms with Crippen LogP contribution in [0.3, 0.4) is 0 Å². The third-order valence-corrected chi connectivity index (χ3v) is 4.71. The van der Waals surface area contributed by atoms with Gasteiger partial charge in [0.1, 0.15) is 11.4 Å². The van der Waals surface area contributed by atoms with Gasteiger partial charge in [-0.2, -0.15) is 0 Å². The van der Waals surface area contributed by atoms with E-state index in [1.165, 1.54) is 6.07 Å². The molecule has 1 aromatic carbocycles. The molecule has 0 aliphatic carbocycles. The lowest BCUT2D eigenvalue weighted by Crippen LogP contribution is -2.43. The lowest BCUT2D eigenvalue weighted by Gasteiger charge is -2.33. The highest BCUT2D eigenvalue weighted by Crippen LogP contribution is 2.27. The van der Waals surface area contributed by atoms with Crippen LogP contribution < -0.4 is 11.1 Å². The molecule has 0 unspecified atom stereocenters. The predicted octanol–water partition coefficient (Wildman–Crippen LogP) is 4.30. The van der Waals surface area contributed by atoms with Crippen LogP contribution in [0.25, 0.3) is 0 Å². The molecule has 0 spiro atoms. The molecule has 1 heterocycles. The van der Waals surface area contributed by atoms with Crippen molar-refractivity contribution in [1.29, 1.82) is 0 Å². The van der Waals surface area contributed by atoms with E-state index in [1.54, 1.807) is 25.7 Å². The molecular formula is C20H29BrFN3O4. The summed E-state index contributed by atoms with van der Waals surface area (Å²) in [6, 6.07) is 2.29. The van der Waals surface area contributed by atoms with Crippen LogP contribution in [-0.2, 0) is 9.53 Å². The molecule has 1 aromatic rings. The first-order chi connectivity index (χ1) is 13.5. The number of amides is 3. The zero-order chi connectivity index (χ0) is 22.4. The number of ether oxygens (including phenoxy) is 1. The molecule has 0 atom stereocenters. The number of likely N-dealkylation sites (tertiary alicyclic amines) is 1. The highest BCUT2D eigenvalue weighted by molar-refractivity contribution is 9.10. The van der Waals surface area contributed by atoms with E-state index in [9.17, 15) is 18.8 Å². The van der Waals surface area contributed by atoms with Crippen LogP contribution in [0.2, 0.25) is 0 Å². The number of carbonyl (C=O) groups excluding carboxylic acids is 3. The SMILES string of the molecule is CC.CC(C)(C)OC(=O)N1CCC(C(=O)Nc2cc(Br)c(F)cc2C(N)=O)CC1. The van der Waals surface area contributed by atoms with E-state index in [2.05, 4.69) is 21.2 Å². The first-order valence-corrected chi connectivity index (χ1v) is 10.3. The Morgan fingerprint density at radius 1 is 1.21 bits per heavy atom. The summed E-state index contributed by atoms with van der Waals surface area (Å²) in [6.45, 7) is 10.2. The Balaban J connectivity index is 0.00000204. The Hall–Kier alpha value is -2.16. The molecule has 9 heteroatoms. The Morgan fingerprint density at radius 2 is 1.76 bits per heavy atom. The quantitative estimate of drug-likeness (QED) is 0.682. The summed E-state index contributed by atoms with van der Waals surface area (Å²) in [5.41, 5.74) is 4.73. The van der Waals surface area contributed by atoms with Crippen LogP contribution >= 0.6 is 15.9 Å². The van der Waals surface area contributed by atoms with E-state index in [4.69, 9.17) is 10.5 Å². The second kappa shape index (κ2) is 10.6. The molecule has 0 saturated carbocycles. The summed E-state index contributed by atoms with van der Waals surface area (Å²) in [5, 5.41) is 2.64. The largest absolute Gasteiger partial charge is 0.444 e. The van der Waals surface area contributed by atoms with Crippen molar-refractivity contribution >= 4 is 39.5 Å². The van der Waals surface area contributed by atoms with Crippen LogP contribution in [0.5, 0.6) is 0 Å². The highest BCUT2D eigenvalue weighted by atomic mass is 79.9. The van der Waals surface area contributed by atoms with Gasteiger partial charge in [-0.15, -0.1) is 0 Å². The van der Waals surface area contributed by atoms with Crippen molar-refractivity contribution in [3.05, 3.63) is 28.0 Å². The maximum absolute atomic E-state index is 13.6. The fourth-order valence-electron chi connectivity index (χ4n) is 2.74. The van der Waals surface area contributed by atoms with Gasteiger partial charge in [0.15, 0.2) is 0 Å². The minimum absolute atomic E-state index is 0.102. The Bertz CT molecular complexity index is 757. The normalized spacial score (nSPS) is 14.5. The van der Waals surface area contributed by atoms with Crippen molar-refractivity contribution < 1.29 is 23.5 Å². The Labute approximate surface area is 179 Å². The number of rotatable bonds is 3. The average molecular weight is 474 g/mol. The molecule has 7 nitrogen and oxygen atoms in total. The molecule has 162 valence electrons. The van der Waals surface area contributed by atoms with Gasteiger partial charge in [0.05, 0.1) is 15.7 Å². The summed E-state index contributed by atoms with van der Waals surface area (Å²) in [4.78, 5) is 37.7. The van der Waals surface area contributed by atoms with E-state index in [0.717, 1.165) is 6.07 Å². The van der Waals surface area contributed by atoms with E-state index in [0.29, 0.717) is 25.9 Å². The van der Waals surface area contributed by atoms with Crippen LogP contribution in [0, 0.1) is 11.7 Å². The Morgan fingerprint density at radius 3 is 2.24 bits per heavy atom. The van der Waals surface area contributed by atoms with Crippen molar-refractivity contribution in [3.63, 3.8) is 0 Å². The van der Waals surface area contributed by atoms with E-state index < -0.39 is 23.4 Å². The maximum Gasteiger partial charge on any atom is 0.410 e. The molecule has 1 saturated heterocycles. The van der Waals surface area contributed by atoms with Gasteiger partial charge < -0.3 is 20.7 Å². The van der Waals surface area contributed by atoms with Crippen molar-refractivity contribution in [3.8, 4) is 0 Å². The first kappa shape index (κ1) is 24.9. The van der Waals surface area contributed by atoms with E-state index in [-0.39, 0.29) is 27.5 Å². The molecule has 3 N–H and O–H groups in total. The Kier molecular flexibility index (Phi) is 9.07. The minimum Gasteiger partial charge on any atom is -0.444 e. The fourth-order valence-corrected chi connectivity index (χ4v) is 3.08. The molecule has 1 aliphatic heterocycles. The van der Waals surface area contributed by atoms with Crippen molar-refractivity contribution in [2.24, 2.45) is 11.7 Å². The minimum atomic E-state index is -0.837. The number of piperidine rings is 1. The van der Waals surface area contributed by atoms with Crippen molar-refractivity contribution in [2.45, 2.75) is 53.1 Å². The third-order valence-electron chi connectivity index (χ3n) is 4.10. The van der Waals surface area contributed by atoms with Crippen LogP contribution in [-0.4, -0.2) is 41.5 Å². The smallest absolute Gasteiger partial charge is 0.410 e.